The largest absolute Gasteiger partial charge is 0.381 e. The number of carbonyl (C=O) groups is 1. The number of nitrogens with one attached hydrogen (secondary N) is 1. The molecule has 0 heterocycles. The zero-order chi connectivity index (χ0) is 14.1. The fourth-order valence-electron chi connectivity index (χ4n) is 1.49. The van der Waals surface area contributed by atoms with Crippen LogP contribution in [0.15, 0.2) is 22.7 Å². The van der Waals surface area contributed by atoms with Gasteiger partial charge in [0, 0.05) is 29.3 Å². The van der Waals surface area contributed by atoms with E-state index in [1.165, 1.54) is 0 Å². The van der Waals surface area contributed by atoms with E-state index in [0.717, 1.165) is 30.3 Å². The minimum atomic E-state index is -0.122. The molecule has 0 spiro atoms. The lowest BCUT2D eigenvalue weighted by molar-refractivity contribution is 0.0939. The third kappa shape index (κ3) is 6.41. The van der Waals surface area contributed by atoms with Crippen molar-refractivity contribution >= 4 is 33.4 Å². The van der Waals surface area contributed by atoms with Gasteiger partial charge in [-0.2, -0.15) is 0 Å². The van der Waals surface area contributed by atoms with E-state index in [9.17, 15) is 4.79 Å². The van der Waals surface area contributed by atoms with Gasteiger partial charge in [0.25, 0.3) is 5.91 Å². The van der Waals surface area contributed by atoms with Crippen molar-refractivity contribution < 1.29 is 9.53 Å². The van der Waals surface area contributed by atoms with Crippen LogP contribution < -0.4 is 5.32 Å². The molecule has 0 fully saturated rings. The molecule has 0 aliphatic rings. The number of halogens is 2. The van der Waals surface area contributed by atoms with E-state index >= 15 is 0 Å². The summed E-state index contributed by atoms with van der Waals surface area (Å²) in [5, 5.41) is 3.40. The minimum absolute atomic E-state index is 0.122. The van der Waals surface area contributed by atoms with Crippen molar-refractivity contribution in [3.05, 3.63) is 33.3 Å². The second-order valence-corrected chi connectivity index (χ2v) is 5.49. The summed E-state index contributed by atoms with van der Waals surface area (Å²) in [7, 11) is 0. The summed E-state index contributed by atoms with van der Waals surface area (Å²) in [6, 6.07) is 5.16. The monoisotopic (exact) mass is 347 g/mol. The number of carbonyl (C=O) groups excluding carboxylic acids is 1. The number of ether oxygens (including phenoxy) is 1. The lowest BCUT2D eigenvalue weighted by atomic mass is 10.2. The normalized spacial score (nSPS) is 10.5. The van der Waals surface area contributed by atoms with Crippen LogP contribution in [0.3, 0.4) is 0 Å². The fourth-order valence-corrected chi connectivity index (χ4v) is 2.09. The molecule has 1 aromatic rings. The second-order valence-electron chi connectivity index (χ2n) is 4.20. The quantitative estimate of drug-likeness (QED) is 0.720. The summed E-state index contributed by atoms with van der Waals surface area (Å²) >= 11 is 9.21. The SMILES string of the molecule is CCCCOCCCNC(=O)c1cc(Cl)ccc1Br. The van der Waals surface area contributed by atoms with Crippen LogP contribution in [0.4, 0.5) is 0 Å². The Morgan fingerprint density at radius 2 is 2.11 bits per heavy atom. The first-order valence-corrected chi connectivity index (χ1v) is 7.63. The molecule has 1 rings (SSSR count). The summed E-state index contributed by atoms with van der Waals surface area (Å²) in [5.74, 6) is -0.122. The van der Waals surface area contributed by atoms with E-state index in [-0.39, 0.29) is 5.91 Å². The maximum absolute atomic E-state index is 11.9. The number of unbranched alkanes of at least 4 members (excludes halogenated alkanes) is 1. The number of hydrogen-bond donors (Lipinski definition) is 1. The average molecular weight is 349 g/mol. The van der Waals surface area contributed by atoms with Crippen LogP contribution in [-0.2, 0) is 4.74 Å². The van der Waals surface area contributed by atoms with Crippen molar-refractivity contribution in [3.8, 4) is 0 Å². The summed E-state index contributed by atoms with van der Waals surface area (Å²) in [6.07, 6.45) is 3.04. The van der Waals surface area contributed by atoms with E-state index in [0.29, 0.717) is 23.7 Å². The molecule has 3 nitrogen and oxygen atoms in total. The molecule has 1 N–H and O–H groups in total. The Bertz CT molecular complexity index is 412. The first-order chi connectivity index (χ1) is 9.15. The molecule has 0 aliphatic carbocycles. The maximum atomic E-state index is 11.9. The summed E-state index contributed by atoms with van der Waals surface area (Å²) < 4.78 is 6.17. The van der Waals surface area contributed by atoms with Crippen molar-refractivity contribution in [2.45, 2.75) is 26.2 Å². The van der Waals surface area contributed by atoms with Gasteiger partial charge in [0.2, 0.25) is 0 Å². The number of rotatable bonds is 8. The molecule has 0 saturated carbocycles. The first kappa shape index (κ1) is 16.5. The van der Waals surface area contributed by atoms with Gasteiger partial charge in [-0.15, -0.1) is 0 Å². The summed E-state index contributed by atoms with van der Waals surface area (Å²) in [4.78, 5) is 11.9. The molecule has 1 aromatic carbocycles. The molecule has 0 saturated heterocycles. The van der Waals surface area contributed by atoms with Crippen LogP contribution in [0.1, 0.15) is 36.5 Å². The molecule has 0 unspecified atom stereocenters. The highest BCUT2D eigenvalue weighted by molar-refractivity contribution is 9.10. The highest BCUT2D eigenvalue weighted by Gasteiger charge is 2.09. The molecular formula is C14H19BrClNO2. The van der Waals surface area contributed by atoms with Crippen LogP contribution >= 0.6 is 27.5 Å². The molecule has 0 radical (unpaired) electrons. The molecule has 0 aromatic heterocycles. The van der Waals surface area contributed by atoms with Crippen LogP contribution in [0.5, 0.6) is 0 Å². The number of benzene rings is 1. The predicted octanol–water partition coefficient (Wildman–Crippen LogP) is 4.04. The van der Waals surface area contributed by atoms with Crippen LogP contribution in [0.2, 0.25) is 5.02 Å². The van der Waals surface area contributed by atoms with Gasteiger partial charge in [-0.3, -0.25) is 4.79 Å². The minimum Gasteiger partial charge on any atom is -0.381 e. The van der Waals surface area contributed by atoms with Crippen LogP contribution in [-0.4, -0.2) is 25.7 Å². The zero-order valence-corrected chi connectivity index (χ0v) is 13.4. The maximum Gasteiger partial charge on any atom is 0.252 e. The third-order valence-corrected chi connectivity index (χ3v) is 3.49. The summed E-state index contributed by atoms with van der Waals surface area (Å²) in [6.45, 7) is 4.21. The van der Waals surface area contributed by atoms with E-state index in [2.05, 4.69) is 28.2 Å². The van der Waals surface area contributed by atoms with Gasteiger partial charge in [-0.25, -0.2) is 0 Å². The highest BCUT2D eigenvalue weighted by atomic mass is 79.9. The van der Waals surface area contributed by atoms with Crippen LogP contribution in [0.25, 0.3) is 0 Å². The van der Waals surface area contributed by atoms with Gasteiger partial charge in [0.05, 0.1) is 5.56 Å². The Morgan fingerprint density at radius 3 is 2.84 bits per heavy atom. The molecule has 1 amide bonds. The Labute approximate surface area is 127 Å². The Morgan fingerprint density at radius 1 is 1.37 bits per heavy atom. The van der Waals surface area contributed by atoms with E-state index in [1.54, 1.807) is 18.2 Å². The fraction of sp³-hybridized carbons (Fsp3) is 0.500. The smallest absolute Gasteiger partial charge is 0.252 e. The van der Waals surface area contributed by atoms with E-state index in [4.69, 9.17) is 16.3 Å². The molecule has 0 bridgehead atoms. The van der Waals surface area contributed by atoms with Crippen molar-refractivity contribution in [2.24, 2.45) is 0 Å². The standard InChI is InChI=1S/C14H19BrClNO2/c1-2-3-8-19-9-4-7-17-14(18)12-10-11(16)5-6-13(12)15/h5-6,10H,2-4,7-9H2,1H3,(H,17,18). The lowest BCUT2D eigenvalue weighted by Crippen LogP contribution is -2.25. The van der Waals surface area contributed by atoms with Crippen molar-refractivity contribution in [1.29, 1.82) is 0 Å². The van der Waals surface area contributed by atoms with E-state index in [1.807, 2.05) is 0 Å². The Kier molecular flexibility index (Phi) is 8.10. The average Bonchev–Trinajstić information content (AvgIpc) is 2.40. The Balaban J connectivity index is 2.26. The molecule has 19 heavy (non-hydrogen) atoms. The van der Waals surface area contributed by atoms with Gasteiger partial charge in [-0.05, 0) is 47.0 Å². The van der Waals surface area contributed by atoms with Gasteiger partial charge >= 0.3 is 0 Å². The van der Waals surface area contributed by atoms with Gasteiger partial charge in [-0.1, -0.05) is 24.9 Å². The first-order valence-electron chi connectivity index (χ1n) is 6.46. The number of amides is 1. The number of hydrogen-bond acceptors (Lipinski definition) is 2. The zero-order valence-electron chi connectivity index (χ0n) is 11.0. The van der Waals surface area contributed by atoms with Gasteiger partial charge < -0.3 is 10.1 Å². The third-order valence-electron chi connectivity index (χ3n) is 2.57. The molecule has 0 aliphatic heterocycles. The lowest BCUT2D eigenvalue weighted by Gasteiger charge is -2.07. The second kappa shape index (κ2) is 9.34. The van der Waals surface area contributed by atoms with E-state index < -0.39 is 0 Å². The topological polar surface area (TPSA) is 38.3 Å². The van der Waals surface area contributed by atoms with Crippen molar-refractivity contribution in [2.75, 3.05) is 19.8 Å². The molecule has 0 atom stereocenters. The van der Waals surface area contributed by atoms with Gasteiger partial charge in [0.15, 0.2) is 0 Å². The van der Waals surface area contributed by atoms with Crippen molar-refractivity contribution in [1.82, 2.24) is 5.32 Å². The van der Waals surface area contributed by atoms with Crippen molar-refractivity contribution in [3.63, 3.8) is 0 Å². The summed E-state index contributed by atoms with van der Waals surface area (Å²) in [5.41, 5.74) is 0.555. The predicted molar refractivity (Wildman–Crippen MR) is 81.8 cm³/mol. The molecular weight excluding hydrogens is 330 g/mol. The van der Waals surface area contributed by atoms with Gasteiger partial charge in [0.1, 0.15) is 0 Å². The molecule has 106 valence electrons. The molecule has 5 heteroatoms. The highest BCUT2D eigenvalue weighted by Crippen LogP contribution is 2.20. The Hall–Kier alpha value is -0.580. The van der Waals surface area contributed by atoms with Crippen LogP contribution in [0, 0.1) is 0 Å².